The summed E-state index contributed by atoms with van der Waals surface area (Å²) in [6, 6.07) is 4.68. The predicted molar refractivity (Wildman–Crippen MR) is 63.4 cm³/mol. The molecule has 1 nitrogen and oxygen atoms in total. The van der Waals surface area contributed by atoms with Gasteiger partial charge in [-0.05, 0) is 48.4 Å². The van der Waals surface area contributed by atoms with Crippen LogP contribution in [0.1, 0.15) is 42.5 Å². The predicted octanol–water partition coefficient (Wildman–Crippen LogP) is 3.35. The van der Waals surface area contributed by atoms with Gasteiger partial charge >= 0.3 is 0 Å². The Bertz CT molecular complexity index is 346. The molecule has 1 unspecified atom stereocenters. The van der Waals surface area contributed by atoms with Gasteiger partial charge in [0.15, 0.2) is 0 Å². The molecule has 0 heterocycles. The summed E-state index contributed by atoms with van der Waals surface area (Å²) in [5.74, 6) is 0. The Morgan fingerprint density at radius 1 is 1.43 bits per heavy atom. The van der Waals surface area contributed by atoms with Crippen LogP contribution in [-0.4, -0.2) is 0 Å². The summed E-state index contributed by atoms with van der Waals surface area (Å²) in [7, 11) is 0. The van der Waals surface area contributed by atoms with Crippen molar-refractivity contribution in [2.24, 2.45) is 5.73 Å². The highest BCUT2D eigenvalue weighted by atomic mass is 79.9. The minimum absolute atomic E-state index is 0.192. The second-order valence-electron chi connectivity index (χ2n) is 4.01. The number of benzene rings is 1. The number of hydrogen-bond acceptors (Lipinski definition) is 1. The maximum Gasteiger partial charge on any atom is 0.0292 e. The van der Waals surface area contributed by atoms with Crippen LogP contribution in [-0.2, 0) is 12.8 Å². The molecule has 1 atom stereocenters. The van der Waals surface area contributed by atoms with Crippen molar-refractivity contribution in [2.45, 2.75) is 38.6 Å². The number of rotatable bonds is 2. The van der Waals surface area contributed by atoms with Crippen LogP contribution in [0.2, 0.25) is 0 Å². The minimum Gasteiger partial charge on any atom is -0.324 e. The third kappa shape index (κ3) is 1.73. The highest BCUT2D eigenvalue weighted by Crippen LogP contribution is 2.32. The zero-order valence-corrected chi connectivity index (χ0v) is 10.1. The Morgan fingerprint density at radius 2 is 2.21 bits per heavy atom. The maximum absolute atomic E-state index is 6.04. The SMILES string of the molecule is CCC(N)c1cc(Br)c2c(c1)CCC2. The molecule has 2 heteroatoms. The summed E-state index contributed by atoms with van der Waals surface area (Å²) in [6.45, 7) is 2.13. The molecule has 1 aromatic rings. The lowest BCUT2D eigenvalue weighted by atomic mass is 10.0. The van der Waals surface area contributed by atoms with E-state index in [9.17, 15) is 0 Å². The van der Waals surface area contributed by atoms with Crippen LogP contribution in [0.4, 0.5) is 0 Å². The van der Waals surface area contributed by atoms with E-state index < -0.39 is 0 Å². The van der Waals surface area contributed by atoms with Crippen molar-refractivity contribution in [1.29, 1.82) is 0 Å². The third-order valence-electron chi connectivity index (χ3n) is 3.05. The second-order valence-corrected chi connectivity index (χ2v) is 4.86. The zero-order valence-electron chi connectivity index (χ0n) is 8.52. The highest BCUT2D eigenvalue weighted by molar-refractivity contribution is 9.10. The summed E-state index contributed by atoms with van der Waals surface area (Å²) < 4.78 is 1.26. The van der Waals surface area contributed by atoms with Crippen molar-refractivity contribution >= 4 is 15.9 Å². The first-order chi connectivity index (χ1) is 6.72. The fourth-order valence-corrected chi connectivity index (χ4v) is 2.84. The van der Waals surface area contributed by atoms with E-state index in [2.05, 4.69) is 35.0 Å². The molecule has 0 aromatic heterocycles. The van der Waals surface area contributed by atoms with E-state index in [0.29, 0.717) is 0 Å². The van der Waals surface area contributed by atoms with Gasteiger partial charge in [-0.25, -0.2) is 0 Å². The van der Waals surface area contributed by atoms with Gasteiger partial charge in [0.05, 0.1) is 0 Å². The van der Waals surface area contributed by atoms with Gasteiger partial charge < -0.3 is 5.73 Å². The molecule has 0 saturated carbocycles. The van der Waals surface area contributed by atoms with E-state index in [1.165, 1.54) is 40.4 Å². The summed E-state index contributed by atoms with van der Waals surface area (Å²) >= 11 is 3.64. The molecule has 1 aliphatic rings. The summed E-state index contributed by atoms with van der Waals surface area (Å²) in [4.78, 5) is 0. The van der Waals surface area contributed by atoms with Gasteiger partial charge in [0, 0.05) is 10.5 Å². The van der Waals surface area contributed by atoms with Crippen molar-refractivity contribution in [3.05, 3.63) is 33.3 Å². The monoisotopic (exact) mass is 253 g/mol. The normalized spacial score (nSPS) is 16.8. The molecule has 1 aliphatic carbocycles. The molecule has 2 N–H and O–H groups in total. The van der Waals surface area contributed by atoms with Crippen LogP contribution in [0.5, 0.6) is 0 Å². The molecule has 2 rings (SSSR count). The number of aryl methyl sites for hydroxylation is 1. The average molecular weight is 254 g/mol. The molecule has 14 heavy (non-hydrogen) atoms. The van der Waals surface area contributed by atoms with E-state index in [4.69, 9.17) is 5.73 Å². The van der Waals surface area contributed by atoms with Gasteiger partial charge in [-0.15, -0.1) is 0 Å². The molecule has 1 aromatic carbocycles. The molecule has 0 aliphatic heterocycles. The molecular formula is C12H16BrN. The largest absolute Gasteiger partial charge is 0.324 e. The number of nitrogens with two attached hydrogens (primary N) is 1. The number of hydrogen-bond donors (Lipinski definition) is 1. The van der Waals surface area contributed by atoms with Gasteiger partial charge in [0.1, 0.15) is 0 Å². The van der Waals surface area contributed by atoms with Gasteiger partial charge in [-0.3, -0.25) is 0 Å². The fourth-order valence-electron chi connectivity index (χ4n) is 2.13. The minimum atomic E-state index is 0.192. The number of fused-ring (bicyclic) bond motifs is 1. The van der Waals surface area contributed by atoms with E-state index in [1.54, 1.807) is 0 Å². The van der Waals surface area contributed by atoms with E-state index in [0.717, 1.165) is 6.42 Å². The molecule has 0 bridgehead atoms. The van der Waals surface area contributed by atoms with Gasteiger partial charge in [-0.1, -0.05) is 28.9 Å². The maximum atomic E-state index is 6.04. The Labute approximate surface area is 93.8 Å². The molecular weight excluding hydrogens is 238 g/mol. The topological polar surface area (TPSA) is 26.0 Å². The number of halogens is 1. The summed E-state index contributed by atoms with van der Waals surface area (Å²) in [5, 5.41) is 0. The van der Waals surface area contributed by atoms with Crippen molar-refractivity contribution in [3.8, 4) is 0 Å². The first kappa shape index (κ1) is 10.2. The van der Waals surface area contributed by atoms with Crippen LogP contribution in [0.15, 0.2) is 16.6 Å². The standard InChI is InChI=1S/C12H16BrN/c1-2-12(14)9-6-8-4-3-5-10(8)11(13)7-9/h6-7,12H,2-5,14H2,1H3. The fraction of sp³-hybridized carbons (Fsp3) is 0.500. The van der Waals surface area contributed by atoms with Crippen molar-refractivity contribution in [3.63, 3.8) is 0 Å². The third-order valence-corrected chi connectivity index (χ3v) is 3.76. The summed E-state index contributed by atoms with van der Waals surface area (Å²) in [5.41, 5.74) is 10.3. The van der Waals surface area contributed by atoms with Gasteiger partial charge in [0.25, 0.3) is 0 Å². The van der Waals surface area contributed by atoms with Crippen LogP contribution in [0.25, 0.3) is 0 Å². The lowest BCUT2D eigenvalue weighted by Crippen LogP contribution is -2.09. The molecule has 76 valence electrons. The molecule has 0 fully saturated rings. The van der Waals surface area contributed by atoms with E-state index in [-0.39, 0.29) is 6.04 Å². The van der Waals surface area contributed by atoms with Crippen molar-refractivity contribution < 1.29 is 0 Å². The molecule has 0 saturated heterocycles. The Balaban J connectivity index is 2.41. The Hall–Kier alpha value is -0.340. The Morgan fingerprint density at radius 3 is 2.93 bits per heavy atom. The quantitative estimate of drug-likeness (QED) is 0.860. The van der Waals surface area contributed by atoms with Gasteiger partial charge in [0.2, 0.25) is 0 Å². The van der Waals surface area contributed by atoms with Crippen LogP contribution >= 0.6 is 15.9 Å². The average Bonchev–Trinajstić information content (AvgIpc) is 2.64. The Kier molecular flexibility index (Phi) is 2.93. The van der Waals surface area contributed by atoms with E-state index >= 15 is 0 Å². The van der Waals surface area contributed by atoms with Gasteiger partial charge in [-0.2, -0.15) is 0 Å². The first-order valence-corrected chi connectivity index (χ1v) is 6.08. The molecule has 0 radical (unpaired) electrons. The molecule has 0 spiro atoms. The van der Waals surface area contributed by atoms with Crippen molar-refractivity contribution in [2.75, 3.05) is 0 Å². The van der Waals surface area contributed by atoms with Crippen LogP contribution in [0.3, 0.4) is 0 Å². The second kappa shape index (κ2) is 4.03. The summed E-state index contributed by atoms with van der Waals surface area (Å²) in [6.07, 6.45) is 4.74. The van der Waals surface area contributed by atoms with Crippen LogP contribution < -0.4 is 5.73 Å². The van der Waals surface area contributed by atoms with Crippen molar-refractivity contribution in [1.82, 2.24) is 0 Å². The smallest absolute Gasteiger partial charge is 0.0292 e. The lowest BCUT2D eigenvalue weighted by molar-refractivity contribution is 0.697. The zero-order chi connectivity index (χ0) is 10.1. The van der Waals surface area contributed by atoms with Crippen LogP contribution in [0, 0.1) is 0 Å². The van der Waals surface area contributed by atoms with E-state index in [1.807, 2.05) is 0 Å². The molecule has 0 amide bonds. The highest BCUT2D eigenvalue weighted by Gasteiger charge is 2.16. The lowest BCUT2D eigenvalue weighted by Gasteiger charge is -2.12. The first-order valence-electron chi connectivity index (χ1n) is 5.29.